The van der Waals surface area contributed by atoms with Gasteiger partial charge in [0.15, 0.2) is 5.69 Å². The van der Waals surface area contributed by atoms with Crippen LogP contribution in [-0.4, -0.2) is 33.9 Å². The number of amides is 1. The lowest BCUT2D eigenvalue weighted by Crippen LogP contribution is -2.34. The van der Waals surface area contributed by atoms with Crippen molar-refractivity contribution < 1.29 is 23.1 Å². The number of nitrogens with one attached hydrogen (secondary N) is 1. The van der Waals surface area contributed by atoms with Crippen LogP contribution in [0, 0.1) is 11.8 Å². The highest BCUT2D eigenvalue weighted by molar-refractivity contribution is 5.75. The predicted octanol–water partition coefficient (Wildman–Crippen LogP) is 1.43. The molecule has 0 aromatic carbocycles. The van der Waals surface area contributed by atoms with E-state index in [0.29, 0.717) is 6.54 Å². The van der Waals surface area contributed by atoms with E-state index in [1.54, 1.807) is 0 Å². The molecule has 0 saturated heterocycles. The van der Waals surface area contributed by atoms with Crippen LogP contribution in [0.3, 0.4) is 0 Å². The molecule has 5 nitrogen and oxygen atoms in total. The molecule has 118 valence electrons. The van der Waals surface area contributed by atoms with Crippen molar-refractivity contribution >= 4 is 5.91 Å². The molecule has 21 heavy (non-hydrogen) atoms. The number of aliphatic hydroxyl groups excluding tert-OH is 1. The third-order valence-electron chi connectivity index (χ3n) is 3.85. The minimum absolute atomic E-state index is 0.106. The maximum atomic E-state index is 12.4. The maximum Gasteiger partial charge on any atom is 0.435 e. The molecule has 1 aliphatic carbocycles. The molecule has 0 spiro atoms. The Morgan fingerprint density at radius 2 is 2.14 bits per heavy atom. The summed E-state index contributed by atoms with van der Waals surface area (Å²) >= 11 is 0. The van der Waals surface area contributed by atoms with Gasteiger partial charge in [-0.3, -0.25) is 9.48 Å². The maximum absolute atomic E-state index is 12.4. The lowest BCUT2D eigenvalue weighted by molar-refractivity contribution is -0.141. The highest BCUT2D eigenvalue weighted by atomic mass is 19.4. The van der Waals surface area contributed by atoms with Crippen molar-refractivity contribution in [1.29, 1.82) is 0 Å². The van der Waals surface area contributed by atoms with Crippen LogP contribution in [0.5, 0.6) is 0 Å². The summed E-state index contributed by atoms with van der Waals surface area (Å²) in [5.74, 6) is 0.0598. The first-order valence-electron chi connectivity index (χ1n) is 6.88. The lowest BCUT2D eigenvalue weighted by Gasteiger charge is -2.17. The van der Waals surface area contributed by atoms with Crippen molar-refractivity contribution in [3.05, 3.63) is 18.0 Å². The molecule has 1 heterocycles. The monoisotopic (exact) mass is 305 g/mol. The quantitative estimate of drug-likeness (QED) is 0.865. The number of aromatic nitrogens is 2. The molecule has 1 aromatic rings. The molecule has 2 rings (SSSR count). The fourth-order valence-corrected chi connectivity index (χ4v) is 2.67. The second kappa shape index (κ2) is 6.46. The molecular formula is C13H18F3N3O2. The molecule has 1 fully saturated rings. The number of alkyl halides is 3. The average molecular weight is 305 g/mol. The summed E-state index contributed by atoms with van der Waals surface area (Å²) in [5, 5.41) is 15.2. The first kappa shape index (κ1) is 15.8. The molecular weight excluding hydrogens is 287 g/mol. The predicted molar refractivity (Wildman–Crippen MR) is 68.2 cm³/mol. The van der Waals surface area contributed by atoms with Gasteiger partial charge in [-0.2, -0.15) is 18.3 Å². The van der Waals surface area contributed by atoms with Crippen LogP contribution < -0.4 is 5.32 Å². The minimum atomic E-state index is -4.50. The molecule has 8 heteroatoms. The Morgan fingerprint density at radius 1 is 1.43 bits per heavy atom. The summed E-state index contributed by atoms with van der Waals surface area (Å²) in [7, 11) is 0. The van der Waals surface area contributed by atoms with Gasteiger partial charge in [0, 0.05) is 19.3 Å². The van der Waals surface area contributed by atoms with Gasteiger partial charge in [0.2, 0.25) is 5.91 Å². The van der Waals surface area contributed by atoms with E-state index in [-0.39, 0.29) is 30.9 Å². The van der Waals surface area contributed by atoms with Crippen molar-refractivity contribution in [3.63, 3.8) is 0 Å². The van der Waals surface area contributed by atoms with E-state index in [2.05, 4.69) is 10.4 Å². The number of halogens is 3. The van der Waals surface area contributed by atoms with Crippen LogP contribution in [0.2, 0.25) is 0 Å². The number of carbonyl (C=O) groups is 1. The van der Waals surface area contributed by atoms with Crippen molar-refractivity contribution in [3.8, 4) is 0 Å². The number of aliphatic hydroxyl groups is 1. The van der Waals surface area contributed by atoms with Crippen LogP contribution in [0.25, 0.3) is 0 Å². The third-order valence-corrected chi connectivity index (χ3v) is 3.85. The van der Waals surface area contributed by atoms with Crippen molar-refractivity contribution in [2.75, 3.05) is 13.2 Å². The number of rotatable bonds is 5. The van der Waals surface area contributed by atoms with Crippen LogP contribution >= 0.6 is 0 Å². The van der Waals surface area contributed by atoms with E-state index >= 15 is 0 Å². The Hall–Kier alpha value is -1.57. The van der Waals surface area contributed by atoms with Gasteiger partial charge in [0.25, 0.3) is 0 Å². The van der Waals surface area contributed by atoms with Gasteiger partial charge in [-0.1, -0.05) is 6.42 Å². The van der Waals surface area contributed by atoms with Gasteiger partial charge in [0.1, 0.15) is 6.54 Å². The zero-order chi connectivity index (χ0) is 15.5. The first-order chi connectivity index (χ1) is 9.90. The van der Waals surface area contributed by atoms with E-state index in [0.717, 1.165) is 36.2 Å². The van der Waals surface area contributed by atoms with Crippen LogP contribution in [0.15, 0.2) is 12.3 Å². The van der Waals surface area contributed by atoms with Gasteiger partial charge in [-0.15, -0.1) is 0 Å². The third kappa shape index (κ3) is 4.20. The Labute approximate surface area is 120 Å². The Balaban J connectivity index is 1.81. The topological polar surface area (TPSA) is 67.2 Å². The number of hydrogen-bond acceptors (Lipinski definition) is 3. The Bertz CT molecular complexity index is 487. The molecule has 1 amide bonds. The van der Waals surface area contributed by atoms with Crippen molar-refractivity contribution in [1.82, 2.24) is 15.1 Å². The van der Waals surface area contributed by atoms with Crippen molar-refractivity contribution in [2.45, 2.75) is 32.0 Å². The minimum Gasteiger partial charge on any atom is -0.396 e. The van der Waals surface area contributed by atoms with Gasteiger partial charge in [-0.25, -0.2) is 0 Å². The Morgan fingerprint density at radius 3 is 2.76 bits per heavy atom. The van der Waals surface area contributed by atoms with Crippen LogP contribution in [0.4, 0.5) is 13.2 Å². The largest absolute Gasteiger partial charge is 0.435 e. The van der Waals surface area contributed by atoms with Gasteiger partial charge in [0.05, 0.1) is 0 Å². The molecule has 0 radical (unpaired) electrons. The summed E-state index contributed by atoms with van der Waals surface area (Å²) in [4.78, 5) is 11.7. The van der Waals surface area contributed by atoms with E-state index in [9.17, 15) is 23.1 Å². The van der Waals surface area contributed by atoms with Gasteiger partial charge < -0.3 is 10.4 Å². The molecule has 0 bridgehead atoms. The van der Waals surface area contributed by atoms with E-state index in [1.165, 1.54) is 0 Å². The summed E-state index contributed by atoms with van der Waals surface area (Å²) in [6.07, 6.45) is -0.440. The molecule has 2 N–H and O–H groups in total. The second-order valence-electron chi connectivity index (χ2n) is 5.33. The molecule has 1 aromatic heterocycles. The normalized spacial score (nSPS) is 22.5. The van der Waals surface area contributed by atoms with Gasteiger partial charge >= 0.3 is 6.18 Å². The second-order valence-corrected chi connectivity index (χ2v) is 5.33. The highest BCUT2D eigenvalue weighted by Gasteiger charge is 2.33. The Kier molecular flexibility index (Phi) is 4.87. The standard InChI is InChI=1S/C13H18F3N3O2/c14-13(15,16)11-4-5-19(18-11)7-12(21)17-6-9-2-1-3-10(9)8-20/h4-5,9-10,20H,1-3,6-8H2,(H,17,21). The number of nitrogens with zero attached hydrogens (tertiary/aromatic N) is 2. The van der Waals surface area contributed by atoms with E-state index < -0.39 is 11.9 Å². The fraction of sp³-hybridized carbons (Fsp3) is 0.692. The summed E-state index contributed by atoms with van der Waals surface area (Å²) in [6.45, 7) is 0.304. The molecule has 1 aliphatic rings. The summed E-state index contributed by atoms with van der Waals surface area (Å²) in [5.41, 5.74) is -1.01. The molecule has 2 unspecified atom stereocenters. The zero-order valence-electron chi connectivity index (χ0n) is 11.4. The number of carbonyl (C=O) groups excluding carboxylic acids is 1. The lowest BCUT2D eigenvalue weighted by atomic mass is 9.97. The molecule has 2 atom stereocenters. The van der Waals surface area contributed by atoms with Crippen molar-refractivity contribution in [2.24, 2.45) is 11.8 Å². The number of hydrogen-bond donors (Lipinski definition) is 2. The highest BCUT2D eigenvalue weighted by Crippen LogP contribution is 2.30. The van der Waals surface area contributed by atoms with E-state index in [1.807, 2.05) is 0 Å². The summed E-state index contributed by atoms with van der Waals surface area (Å²) < 4.78 is 38.1. The average Bonchev–Trinajstić information content (AvgIpc) is 3.03. The van der Waals surface area contributed by atoms with Crippen LogP contribution in [0.1, 0.15) is 25.0 Å². The van der Waals surface area contributed by atoms with E-state index in [4.69, 9.17) is 0 Å². The summed E-state index contributed by atoms with van der Waals surface area (Å²) in [6, 6.07) is 0.839. The first-order valence-corrected chi connectivity index (χ1v) is 6.88. The molecule has 1 saturated carbocycles. The molecule has 0 aliphatic heterocycles. The fourth-order valence-electron chi connectivity index (χ4n) is 2.67. The SMILES string of the molecule is O=C(Cn1ccc(C(F)(F)F)n1)NCC1CCCC1CO. The van der Waals surface area contributed by atoms with Gasteiger partial charge in [-0.05, 0) is 30.7 Å². The smallest absolute Gasteiger partial charge is 0.396 e. The van der Waals surface area contributed by atoms with Crippen LogP contribution in [-0.2, 0) is 17.5 Å². The zero-order valence-corrected chi connectivity index (χ0v) is 11.4.